The van der Waals surface area contributed by atoms with Gasteiger partial charge in [0, 0.05) is 73.3 Å². The van der Waals surface area contributed by atoms with Crippen molar-refractivity contribution in [1.29, 1.82) is 0 Å². The molecule has 1 unspecified atom stereocenters. The van der Waals surface area contributed by atoms with Crippen LogP contribution in [0.4, 0.5) is 39.3 Å². The molecule has 9 heteroatoms. The molecule has 44 heavy (non-hydrogen) atoms. The Bertz CT molecular complexity index is 1690. The maximum atomic E-state index is 5.96. The fourth-order valence-corrected chi connectivity index (χ4v) is 4.64. The fraction of sp³-hybridized carbons (Fsp3) is 0.171. The second-order valence-electron chi connectivity index (χ2n) is 10.4. The lowest BCUT2D eigenvalue weighted by molar-refractivity contribution is 0.765. The van der Waals surface area contributed by atoms with E-state index in [2.05, 4.69) is 42.3 Å². The van der Waals surface area contributed by atoms with Gasteiger partial charge in [0.2, 0.25) is 0 Å². The van der Waals surface area contributed by atoms with E-state index in [9.17, 15) is 0 Å². The van der Waals surface area contributed by atoms with Crippen LogP contribution in [0.5, 0.6) is 0 Å². The summed E-state index contributed by atoms with van der Waals surface area (Å²) >= 11 is 1.44. The molecular weight excluding hydrogens is 565 g/mol. The summed E-state index contributed by atoms with van der Waals surface area (Å²) < 4.78 is 0. The molecule has 0 saturated carbocycles. The van der Waals surface area contributed by atoms with Crippen LogP contribution in [0, 0.1) is 13.8 Å². The topological polar surface area (TPSA) is 181 Å². The first-order valence-corrected chi connectivity index (χ1v) is 15.2. The summed E-state index contributed by atoms with van der Waals surface area (Å²) in [6, 6.07) is 28.0. The molecule has 0 spiro atoms. The van der Waals surface area contributed by atoms with Gasteiger partial charge >= 0.3 is 0 Å². The van der Waals surface area contributed by atoms with Gasteiger partial charge in [-0.05, 0) is 74.7 Å². The Balaban J connectivity index is 0.000000169. The number of thiazole rings is 1. The highest BCUT2D eigenvalue weighted by atomic mass is 32.1. The van der Waals surface area contributed by atoms with Gasteiger partial charge in [-0.25, -0.2) is 4.98 Å². The van der Waals surface area contributed by atoms with Crippen LogP contribution in [-0.2, 0) is 0 Å². The van der Waals surface area contributed by atoms with Gasteiger partial charge in [-0.15, -0.1) is 11.3 Å². The highest BCUT2D eigenvalue weighted by Gasteiger charge is 2.05. The van der Waals surface area contributed by atoms with Crippen molar-refractivity contribution in [3.05, 3.63) is 108 Å². The van der Waals surface area contributed by atoms with Crippen molar-refractivity contribution in [2.45, 2.75) is 40.2 Å². The number of nitrogens with zero attached hydrogens (tertiary/aromatic N) is 1. The Morgan fingerprint density at radius 3 is 1.45 bits per heavy atom. The number of hydrogen-bond acceptors (Lipinski definition) is 9. The normalized spacial score (nSPS) is 10.8. The number of anilines is 7. The largest absolute Gasteiger partial charge is 0.399 e. The number of aryl methyl sites for hydroxylation is 2. The molecule has 1 aromatic heterocycles. The number of rotatable bonds is 3. The molecule has 0 saturated heterocycles. The highest BCUT2D eigenvalue weighted by molar-refractivity contribution is 7.13. The van der Waals surface area contributed by atoms with Gasteiger partial charge in [-0.2, -0.15) is 0 Å². The summed E-state index contributed by atoms with van der Waals surface area (Å²) in [6.45, 7) is 8.26. The molecule has 0 aliphatic heterocycles. The molecule has 6 aromatic rings. The molecule has 0 bridgehead atoms. The molecule has 8 nitrogen and oxygen atoms in total. The van der Waals surface area contributed by atoms with Crippen molar-refractivity contribution in [3.8, 4) is 0 Å². The Morgan fingerprint density at radius 1 is 0.636 bits per heavy atom. The molecule has 0 aliphatic rings. The van der Waals surface area contributed by atoms with Crippen molar-refractivity contribution in [1.82, 2.24) is 4.98 Å². The minimum absolute atomic E-state index is 0.479. The Hall–Kier alpha value is -5.15. The number of fused-ring (bicyclic) bond motifs is 2. The summed E-state index contributed by atoms with van der Waals surface area (Å²) in [6.07, 6.45) is 2.79. The number of aromatic nitrogens is 1. The molecule has 0 aliphatic carbocycles. The third kappa shape index (κ3) is 9.17. The lowest BCUT2D eigenvalue weighted by atomic mass is 10.1. The zero-order valence-electron chi connectivity index (χ0n) is 25.8. The molecule has 6 rings (SSSR count). The van der Waals surface area contributed by atoms with Gasteiger partial charge in [0.1, 0.15) is 0 Å². The summed E-state index contributed by atoms with van der Waals surface area (Å²) in [4.78, 5) is 3.71. The standard InChI is InChI=1S/C14H18N2.C10H10N2.C8H12N2.C3H4N2S/c1-3-10(2)16-14-9-8-13(15)11-6-4-5-7-12(11)14;11-9-5-6-10(12)8-4-2-1-3-7(8)9;1-5-3-8(10)6(2)4-7(5)9;4-3-5-1-2-6-3/h4-10,16H,3,15H2,1-2H3;1-6H,11-12H2;3-4H,9-10H2,1-2H3;1-2H,(H2,4,5). The average Bonchev–Trinajstić information content (AvgIpc) is 3.51. The summed E-state index contributed by atoms with van der Waals surface area (Å²) in [5, 5.41) is 10.4. The zero-order chi connectivity index (χ0) is 32.2. The molecule has 0 amide bonds. The molecule has 1 heterocycles. The van der Waals surface area contributed by atoms with Gasteiger partial charge in [0.05, 0.1) is 0 Å². The van der Waals surface area contributed by atoms with Gasteiger partial charge in [-0.3, -0.25) is 0 Å². The van der Waals surface area contributed by atoms with Crippen molar-refractivity contribution in [2.24, 2.45) is 0 Å². The maximum absolute atomic E-state index is 5.96. The highest BCUT2D eigenvalue weighted by Crippen LogP contribution is 2.29. The number of nitrogens with two attached hydrogens (primary N) is 6. The number of hydrogen-bond donors (Lipinski definition) is 7. The minimum Gasteiger partial charge on any atom is -0.399 e. The molecule has 1 atom stereocenters. The molecule has 0 fully saturated rings. The maximum Gasteiger partial charge on any atom is 0.179 e. The number of nitrogen functional groups attached to an aromatic ring is 6. The number of nitrogens with one attached hydrogen (secondary N) is 1. The third-order valence-corrected chi connectivity index (χ3v) is 7.67. The van der Waals surface area contributed by atoms with Crippen LogP contribution in [0.2, 0.25) is 0 Å². The second kappa shape index (κ2) is 15.9. The van der Waals surface area contributed by atoms with Crippen LogP contribution in [-0.4, -0.2) is 11.0 Å². The van der Waals surface area contributed by atoms with Crippen LogP contribution in [0.3, 0.4) is 0 Å². The van der Waals surface area contributed by atoms with Crippen molar-refractivity contribution in [2.75, 3.05) is 39.7 Å². The first-order chi connectivity index (χ1) is 21.0. The summed E-state index contributed by atoms with van der Waals surface area (Å²) in [5.41, 5.74) is 41.2. The Morgan fingerprint density at radius 2 is 1.07 bits per heavy atom. The predicted molar refractivity (Wildman–Crippen MR) is 196 cm³/mol. The van der Waals surface area contributed by atoms with Crippen molar-refractivity contribution in [3.63, 3.8) is 0 Å². The minimum atomic E-state index is 0.479. The van der Waals surface area contributed by atoms with E-state index in [1.54, 1.807) is 6.20 Å². The third-order valence-electron chi connectivity index (χ3n) is 7.07. The van der Waals surface area contributed by atoms with E-state index >= 15 is 0 Å². The first-order valence-electron chi connectivity index (χ1n) is 14.3. The second-order valence-corrected chi connectivity index (χ2v) is 11.4. The zero-order valence-corrected chi connectivity index (χ0v) is 26.7. The van der Waals surface area contributed by atoms with E-state index in [1.807, 2.05) is 86.0 Å². The number of benzene rings is 5. The van der Waals surface area contributed by atoms with E-state index in [-0.39, 0.29) is 0 Å². The van der Waals surface area contributed by atoms with E-state index in [4.69, 9.17) is 34.4 Å². The molecule has 0 radical (unpaired) electrons. The molecule has 230 valence electrons. The van der Waals surface area contributed by atoms with Gasteiger partial charge in [0.25, 0.3) is 0 Å². The molecule has 13 N–H and O–H groups in total. The summed E-state index contributed by atoms with van der Waals surface area (Å²) in [7, 11) is 0. The predicted octanol–water partition coefficient (Wildman–Crippen LogP) is 7.83. The van der Waals surface area contributed by atoms with Gasteiger partial charge in [0.15, 0.2) is 5.13 Å². The lowest BCUT2D eigenvalue weighted by Gasteiger charge is -2.16. The van der Waals surface area contributed by atoms with Crippen molar-refractivity contribution < 1.29 is 0 Å². The van der Waals surface area contributed by atoms with Crippen LogP contribution in [0.25, 0.3) is 21.5 Å². The van der Waals surface area contributed by atoms with E-state index in [0.29, 0.717) is 11.2 Å². The van der Waals surface area contributed by atoms with Crippen LogP contribution < -0.4 is 39.7 Å². The van der Waals surface area contributed by atoms with Crippen molar-refractivity contribution >= 4 is 72.1 Å². The van der Waals surface area contributed by atoms with Crippen LogP contribution in [0.1, 0.15) is 31.4 Å². The monoisotopic (exact) mass is 608 g/mol. The molecule has 5 aromatic carbocycles. The Labute approximate surface area is 264 Å². The Kier molecular flexibility index (Phi) is 12.1. The smallest absolute Gasteiger partial charge is 0.179 e. The van der Waals surface area contributed by atoms with Gasteiger partial charge in [-0.1, -0.05) is 55.5 Å². The average molecular weight is 609 g/mol. The van der Waals surface area contributed by atoms with Gasteiger partial charge < -0.3 is 39.7 Å². The first kappa shape index (κ1) is 33.4. The fourth-order valence-electron chi connectivity index (χ4n) is 4.26. The molecular formula is C35H44N8S. The van der Waals surface area contributed by atoms with E-state index in [0.717, 1.165) is 62.1 Å². The SMILES string of the molecule is CCC(C)Nc1ccc(N)c2ccccc12.Cc1cc(N)c(C)cc1N.Nc1ccc(N)c2ccccc12.Nc1nccs1. The van der Waals surface area contributed by atoms with E-state index < -0.39 is 0 Å². The van der Waals surface area contributed by atoms with E-state index in [1.165, 1.54) is 22.4 Å². The quantitative estimate of drug-likeness (QED) is 0.0992. The van der Waals surface area contributed by atoms with Crippen LogP contribution in [0.15, 0.2) is 96.5 Å². The van der Waals surface area contributed by atoms with Crippen LogP contribution >= 0.6 is 11.3 Å². The lowest BCUT2D eigenvalue weighted by Crippen LogP contribution is -2.13. The summed E-state index contributed by atoms with van der Waals surface area (Å²) in [5.74, 6) is 0.